The van der Waals surface area contributed by atoms with Gasteiger partial charge in [-0.3, -0.25) is 14.4 Å². The van der Waals surface area contributed by atoms with Crippen molar-refractivity contribution in [2.75, 3.05) is 13.2 Å². The van der Waals surface area contributed by atoms with Crippen molar-refractivity contribution in [2.24, 2.45) is 0 Å². The van der Waals surface area contributed by atoms with Gasteiger partial charge in [0.1, 0.15) is 13.2 Å². The fourth-order valence-electron chi connectivity index (χ4n) is 8.77. The Labute approximate surface area is 487 Å². The van der Waals surface area contributed by atoms with E-state index in [4.69, 9.17) is 14.2 Å². The summed E-state index contributed by atoms with van der Waals surface area (Å²) in [4.78, 5) is 38.3. The summed E-state index contributed by atoms with van der Waals surface area (Å²) in [6.45, 7) is 6.37. The highest BCUT2D eigenvalue weighted by molar-refractivity contribution is 5.71. The molecular formula is C73H120O6. The molecule has 0 aliphatic heterocycles. The van der Waals surface area contributed by atoms with Crippen molar-refractivity contribution in [1.29, 1.82) is 0 Å². The van der Waals surface area contributed by atoms with Crippen molar-refractivity contribution in [2.45, 2.75) is 297 Å². The fourth-order valence-corrected chi connectivity index (χ4v) is 8.77. The van der Waals surface area contributed by atoms with Crippen molar-refractivity contribution in [3.05, 3.63) is 134 Å². The van der Waals surface area contributed by atoms with Gasteiger partial charge in [-0.15, -0.1) is 0 Å². The number of carbonyl (C=O) groups excluding carboxylic acids is 3. The van der Waals surface area contributed by atoms with E-state index in [9.17, 15) is 14.4 Å². The molecular weight excluding hydrogens is 973 g/mol. The Morgan fingerprint density at radius 2 is 0.494 bits per heavy atom. The van der Waals surface area contributed by atoms with Crippen LogP contribution in [0.1, 0.15) is 290 Å². The number of unbranched alkanes of at least 4 members (excludes halogenated alkanes) is 25. The highest BCUT2D eigenvalue weighted by Gasteiger charge is 2.19. The Hall–Kier alpha value is -4.45. The van der Waals surface area contributed by atoms with Crippen LogP contribution in [0.15, 0.2) is 134 Å². The molecule has 448 valence electrons. The van der Waals surface area contributed by atoms with Crippen LogP contribution in [0.5, 0.6) is 0 Å². The number of rotatable bonds is 58. The van der Waals surface area contributed by atoms with Crippen LogP contribution in [-0.4, -0.2) is 37.2 Å². The van der Waals surface area contributed by atoms with Gasteiger partial charge >= 0.3 is 17.9 Å². The third-order valence-corrected chi connectivity index (χ3v) is 13.6. The Balaban J connectivity index is 4.32. The van der Waals surface area contributed by atoms with E-state index in [0.717, 1.165) is 141 Å². The lowest BCUT2D eigenvalue weighted by molar-refractivity contribution is -0.167. The van der Waals surface area contributed by atoms with Gasteiger partial charge in [-0.25, -0.2) is 0 Å². The number of esters is 3. The van der Waals surface area contributed by atoms with Crippen LogP contribution in [0.3, 0.4) is 0 Å². The van der Waals surface area contributed by atoms with Gasteiger partial charge in [-0.1, -0.05) is 276 Å². The lowest BCUT2D eigenvalue weighted by Gasteiger charge is -2.18. The van der Waals surface area contributed by atoms with E-state index in [0.29, 0.717) is 19.3 Å². The molecule has 0 fully saturated rings. The summed E-state index contributed by atoms with van der Waals surface area (Å²) in [5.41, 5.74) is 0. The predicted molar refractivity (Wildman–Crippen MR) is 343 cm³/mol. The first kappa shape index (κ1) is 74.5. The van der Waals surface area contributed by atoms with E-state index in [-0.39, 0.29) is 31.1 Å². The van der Waals surface area contributed by atoms with E-state index in [1.165, 1.54) is 109 Å². The van der Waals surface area contributed by atoms with Gasteiger partial charge in [0.25, 0.3) is 0 Å². The topological polar surface area (TPSA) is 78.9 Å². The average Bonchev–Trinajstić information content (AvgIpc) is 3.45. The first-order chi connectivity index (χ1) is 39.0. The number of allylic oxidation sites excluding steroid dienone is 22. The largest absolute Gasteiger partial charge is 0.462 e. The fraction of sp³-hybridized carbons (Fsp3) is 0.658. The Morgan fingerprint density at radius 1 is 0.266 bits per heavy atom. The van der Waals surface area contributed by atoms with Crippen molar-refractivity contribution >= 4 is 17.9 Å². The molecule has 0 radical (unpaired) electrons. The molecule has 0 aromatic carbocycles. The molecule has 1 unspecified atom stereocenters. The first-order valence-corrected chi connectivity index (χ1v) is 32.7. The number of carbonyl (C=O) groups is 3. The molecule has 79 heavy (non-hydrogen) atoms. The maximum atomic E-state index is 12.9. The second kappa shape index (κ2) is 66.1. The second-order valence-corrected chi connectivity index (χ2v) is 21.3. The quantitative estimate of drug-likeness (QED) is 0.0261. The van der Waals surface area contributed by atoms with Crippen LogP contribution in [0.25, 0.3) is 0 Å². The van der Waals surface area contributed by atoms with Crippen molar-refractivity contribution in [3.63, 3.8) is 0 Å². The summed E-state index contributed by atoms with van der Waals surface area (Å²) < 4.78 is 16.9. The lowest BCUT2D eigenvalue weighted by atomic mass is 10.0. The Bertz CT molecular complexity index is 1680. The summed E-state index contributed by atoms with van der Waals surface area (Å²) in [7, 11) is 0. The van der Waals surface area contributed by atoms with Crippen LogP contribution >= 0.6 is 0 Å². The molecule has 0 aliphatic carbocycles. The maximum Gasteiger partial charge on any atom is 0.306 e. The Morgan fingerprint density at radius 3 is 0.785 bits per heavy atom. The molecule has 0 aliphatic rings. The van der Waals surface area contributed by atoms with Crippen molar-refractivity contribution in [3.8, 4) is 0 Å². The third-order valence-electron chi connectivity index (χ3n) is 13.6. The Kier molecular flexibility index (Phi) is 62.3. The average molecular weight is 1090 g/mol. The highest BCUT2D eigenvalue weighted by Crippen LogP contribution is 2.16. The van der Waals surface area contributed by atoms with E-state index >= 15 is 0 Å². The summed E-state index contributed by atoms with van der Waals surface area (Å²) >= 11 is 0. The molecule has 0 aromatic rings. The summed E-state index contributed by atoms with van der Waals surface area (Å²) in [6, 6.07) is 0. The monoisotopic (exact) mass is 1090 g/mol. The number of hydrogen-bond acceptors (Lipinski definition) is 6. The standard InChI is InChI=1S/C73H120O6/c1-4-7-10-13-16-19-22-24-26-28-30-32-34-35-36-37-39-40-42-44-46-48-51-54-57-60-63-66-72(75)78-69-70(68-77-71(74)65-62-59-56-53-50-21-18-15-12-9-6-3)79-73(76)67-64-61-58-55-52-49-47-45-43-41-38-33-31-29-27-25-23-20-17-14-11-8-5-2/h7-8,10-11,15-20,24-27,30-33,35-36,39-40,70H,4-6,9,12-14,21-23,28-29,34,37-38,41-69H2,1-3H3/b10-7-,11-8-,18-15-,19-16-,20-17-,26-24-,27-25-,32-30-,33-31-,36-35-,40-39-. The van der Waals surface area contributed by atoms with Crippen LogP contribution in [0.4, 0.5) is 0 Å². The minimum absolute atomic E-state index is 0.0892. The van der Waals surface area contributed by atoms with E-state index < -0.39 is 6.10 Å². The van der Waals surface area contributed by atoms with Gasteiger partial charge in [0, 0.05) is 19.3 Å². The van der Waals surface area contributed by atoms with Crippen molar-refractivity contribution in [1.82, 2.24) is 0 Å². The molecule has 0 saturated carbocycles. The van der Waals surface area contributed by atoms with Crippen LogP contribution in [0.2, 0.25) is 0 Å². The molecule has 0 N–H and O–H groups in total. The third kappa shape index (κ3) is 64.3. The summed E-state index contributed by atoms with van der Waals surface area (Å²) in [6.07, 6.45) is 93.2. The molecule has 6 nitrogen and oxygen atoms in total. The highest BCUT2D eigenvalue weighted by atomic mass is 16.6. The van der Waals surface area contributed by atoms with E-state index in [2.05, 4.69) is 154 Å². The molecule has 1 atom stereocenters. The molecule has 0 aromatic heterocycles. The van der Waals surface area contributed by atoms with Crippen LogP contribution in [0, 0.1) is 0 Å². The molecule has 0 rings (SSSR count). The number of ether oxygens (including phenoxy) is 3. The van der Waals surface area contributed by atoms with Gasteiger partial charge in [0.05, 0.1) is 0 Å². The zero-order valence-electron chi connectivity index (χ0n) is 51.3. The smallest absolute Gasteiger partial charge is 0.306 e. The summed E-state index contributed by atoms with van der Waals surface area (Å²) in [5.74, 6) is -0.908. The lowest BCUT2D eigenvalue weighted by Crippen LogP contribution is -2.30. The van der Waals surface area contributed by atoms with Gasteiger partial charge in [0.2, 0.25) is 0 Å². The second-order valence-electron chi connectivity index (χ2n) is 21.3. The number of hydrogen-bond donors (Lipinski definition) is 0. The molecule has 0 bridgehead atoms. The van der Waals surface area contributed by atoms with Gasteiger partial charge in [-0.2, -0.15) is 0 Å². The van der Waals surface area contributed by atoms with E-state index in [1.807, 2.05) is 0 Å². The van der Waals surface area contributed by atoms with Gasteiger partial charge in [-0.05, 0) is 128 Å². The normalized spacial score (nSPS) is 13.0. The SMILES string of the molecule is CC/C=C\C/C=C\C/C=C\C/C=C\C/C=C\C/C=C\CCCCCCCCCCC(=O)OCC(COC(=O)CCCCCCC/C=C\CCCC)OC(=O)CCCCCCCCCCCC/C=C\C/C=C\C/C=C\C/C=C\CC. The zero-order valence-corrected chi connectivity index (χ0v) is 51.3. The van der Waals surface area contributed by atoms with Gasteiger partial charge in [0.15, 0.2) is 6.10 Å². The van der Waals surface area contributed by atoms with Crippen molar-refractivity contribution < 1.29 is 28.6 Å². The maximum absolute atomic E-state index is 12.9. The minimum atomic E-state index is -0.793. The minimum Gasteiger partial charge on any atom is -0.462 e. The molecule has 0 heterocycles. The van der Waals surface area contributed by atoms with E-state index in [1.54, 1.807) is 0 Å². The molecule has 6 heteroatoms. The molecule has 0 spiro atoms. The predicted octanol–water partition coefficient (Wildman–Crippen LogP) is 22.5. The van der Waals surface area contributed by atoms with Crippen LogP contribution < -0.4 is 0 Å². The summed E-state index contributed by atoms with van der Waals surface area (Å²) in [5, 5.41) is 0. The zero-order chi connectivity index (χ0) is 57.1. The molecule has 0 amide bonds. The first-order valence-electron chi connectivity index (χ1n) is 32.7. The van der Waals surface area contributed by atoms with Gasteiger partial charge < -0.3 is 14.2 Å². The van der Waals surface area contributed by atoms with Crippen LogP contribution in [-0.2, 0) is 28.6 Å². The molecule has 0 saturated heterocycles.